The lowest BCUT2D eigenvalue weighted by atomic mass is 10.1. The van der Waals surface area contributed by atoms with Gasteiger partial charge in [-0.15, -0.1) is 11.3 Å². The number of thiazole rings is 2. The number of carbonyl (C=O) groups is 1. The van der Waals surface area contributed by atoms with Crippen molar-refractivity contribution in [3.63, 3.8) is 0 Å². The van der Waals surface area contributed by atoms with Crippen molar-refractivity contribution in [3.05, 3.63) is 17.5 Å². The number of hydrogen-bond donors (Lipinski definition) is 2. The highest BCUT2D eigenvalue weighted by Gasteiger charge is 2.17. The molecule has 0 atom stereocenters. The average Bonchev–Trinajstić information content (AvgIpc) is 3.11. The van der Waals surface area contributed by atoms with Crippen LogP contribution in [0.25, 0.3) is 21.5 Å². The molecule has 0 aliphatic heterocycles. The fourth-order valence-electron chi connectivity index (χ4n) is 2.09. The quantitative estimate of drug-likeness (QED) is 0.748. The van der Waals surface area contributed by atoms with Crippen LogP contribution in [0.1, 0.15) is 0 Å². The summed E-state index contributed by atoms with van der Waals surface area (Å²) < 4.78 is 6.16. The van der Waals surface area contributed by atoms with Crippen molar-refractivity contribution in [3.8, 4) is 17.0 Å². The number of fused-ring (bicyclic) bond motifs is 1. The summed E-state index contributed by atoms with van der Waals surface area (Å²) in [5, 5.41) is 14.3. The van der Waals surface area contributed by atoms with Crippen LogP contribution in [0.3, 0.4) is 0 Å². The number of hydrogen-bond acceptors (Lipinski definition) is 7. The molecule has 0 spiro atoms. The Kier molecular flexibility index (Phi) is 4.05. The third kappa shape index (κ3) is 2.92. The summed E-state index contributed by atoms with van der Waals surface area (Å²) >= 11 is 2.81. The topological polar surface area (TPSA) is 87.6 Å². The summed E-state index contributed by atoms with van der Waals surface area (Å²) in [5.41, 5.74) is 2.36. The highest BCUT2D eigenvalue weighted by molar-refractivity contribution is 7.23. The fraction of sp³-hybridized carbons (Fsp3) is 0.214. The van der Waals surface area contributed by atoms with E-state index in [0.717, 1.165) is 21.1 Å². The molecule has 0 aliphatic carbocycles. The smallest absolute Gasteiger partial charge is 0.410 e. The molecular weight excluding hydrogens is 336 g/mol. The molecule has 7 nitrogen and oxygen atoms in total. The predicted octanol–water partition coefficient (Wildman–Crippen LogP) is 3.58. The van der Waals surface area contributed by atoms with Gasteiger partial charge in [0.25, 0.3) is 0 Å². The molecule has 3 aromatic rings. The predicted molar refractivity (Wildman–Crippen MR) is 93.3 cm³/mol. The van der Waals surface area contributed by atoms with Crippen molar-refractivity contribution >= 4 is 49.2 Å². The molecule has 1 amide bonds. The third-order valence-corrected chi connectivity index (χ3v) is 5.10. The fourth-order valence-corrected chi connectivity index (χ4v) is 3.84. The van der Waals surface area contributed by atoms with Crippen LogP contribution in [0.2, 0.25) is 0 Å². The van der Waals surface area contributed by atoms with Crippen molar-refractivity contribution in [2.45, 2.75) is 0 Å². The molecule has 0 saturated heterocycles. The summed E-state index contributed by atoms with van der Waals surface area (Å²) in [5.74, 6) is 0.599. The van der Waals surface area contributed by atoms with E-state index in [-0.39, 0.29) is 0 Å². The van der Waals surface area contributed by atoms with E-state index < -0.39 is 6.09 Å². The van der Waals surface area contributed by atoms with Gasteiger partial charge in [-0.25, -0.2) is 14.8 Å². The summed E-state index contributed by atoms with van der Waals surface area (Å²) in [4.78, 5) is 21.7. The van der Waals surface area contributed by atoms with Crippen LogP contribution in [-0.2, 0) is 0 Å². The van der Waals surface area contributed by atoms with E-state index >= 15 is 0 Å². The van der Waals surface area contributed by atoms with E-state index in [1.807, 2.05) is 36.5 Å². The number of carboxylic acid groups (broad SMARTS) is 1. The molecule has 2 aromatic heterocycles. The minimum atomic E-state index is -1.15. The Bertz CT molecular complexity index is 872. The zero-order valence-electron chi connectivity index (χ0n) is 12.7. The van der Waals surface area contributed by atoms with Gasteiger partial charge in [0.15, 0.2) is 10.3 Å². The number of aromatic nitrogens is 2. The number of nitrogens with zero attached hydrogens (tertiary/aromatic N) is 3. The van der Waals surface area contributed by atoms with Gasteiger partial charge in [0.05, 0.1) is 17.5 Å². The zero-order valence-corrected chi connectivity index (χ0v) is 14.3. The molecule has 2 heterocycles. The number of benzene rings is 1. The molecule has 0 unspecified atom stereocenters. The third-order valence-electron chi connectivity index (χ3n) is 3.09. The maximum Gasteiger partial charge on any atom is 0.410 e. The van der Waals surface area contributed by atoms with Gasteiger partial charge in [0.2, 0.25) is 0 Å². The van der Waals surface area contributed by atoms with E-state index in [4.69, 9.17) is 9.84 Å². The number of ether oxygens (including phenoxy) is 1. The molecule has 0 saturated carbocycles. The van der Waals surface area contributed by atoms with Crippen LogP contribution in [-0.4, -0.2) is 42.4 Å². The highest BCUT2D eigenvalue weighted by atomic mass is 32.1. The number of methoxy groups -OCH3 is 1. The van der Waals surface area contributed by atoms with E-state index in [2.05, 4.69) is 15.3 Å². The average molecular weight is 350 g/mol. The first-order valence-corrected chi connectivity index (χ1v) is 8.30. The molecular formula is C14H14N4O3S2. The molecule has 9 heteroatoms. The Morgan fingerprint density at radius 2 is 2.13 bits per heavy atom. The van der Waals surface area contributed by atoms with Gasteiger partial charge in [-0.1, -0.05) is 11.3 Å². The van der Waals surface area contributed by atoms with Gasteiger partial charge in [0.1, 0.15) is 11.3 Å². The lowest BCUT2D eigenvalue weighted by Crippen LogP contribution is -2.07. The van der Waals surface area contributed by atoms with Crippen LogP contribution in [0, 0.1) is 0 Å². The molecule has 0 fully saturated rings. The van der Waals surface area contributed by atoms with Crippen molar-refractivity contribution in [2.24, 2.45) is 0 Å². The molecule has 2 N–H and O–H groups in total. The molecule has 23 heavy (non-hydrogen) atoms. The van der Waals surface area contributed by atoms with Gasteiger partial charge in [-0.2, -0.15) is 0 Å². The van der Waals surface area contributed by atoms with E-state index in [9.17, 15) is 4.79 Å². The number of anilines is 2. The van der Waals surface area contributed by atoms with E-state index in [1.54, 1.807) is 18.4 Å². The largest absolute Gasteiger partial charge is 0.494 e. The molecule has 0 bridgehead atoms. The minimum absolute atomic E-state index is 0.307. The van der Waals surface area contributed by atoms with Crippen molar-refractivity contribution in [1.82, 2.24) is 9.97 Å². The molecule has 120 valence electrons. The van der Waals surface area contributed by atoms with Gasteiger partial charge in [-0.3, -0.25) is 5.32 Å². The second-order valence-electron chi connectivity index (χ2n) is 4.85. The number of nitrogens with one attached hydrogen (secondary N) is 1. The van der Waals surface area contributed by atoms with Crippen molar-refractivity contribution in [2.75, 3.05) is 31.4 Å². The SMILES string of the molecule is COc1ccc(-c2csc(N(C)C)n2)c2sc(NC(=O)O)nc12. The zero-order chi connectivity index (χ0) is 16.6. The van der Waals surface area contributed by atoms with Crippen LogP contribution in [0.15, 0.2) is 17.5 Å². The van der Waals surface area contributed by atoms with Gasteiger partial charge >= 0.3 is 6.09 Å². The second kappa shape index (κ2) is 6.01. The lowest BCUT2D eigenvalue weighted by molar-refractivity contribution is 0.209. The summed E-state index contributed by atoms with van der Waals surface area (Å²) in [7, 11) is 5.44. The highest BCUT2D eigenvalue weighted by Crippen LogP contribution is 2.40. The summed E-state index contributed by atoms with van der Waals surface area (Å²) in [6.45, 7) is 0. The first-order valence-electron chi connectivity index (χ1n) is 6.60. The molecule has 3 rings (SSSR count). The lowest BCUT2D eigenvalue weighted by Gasteiger charge is -2.06. The van der Waals surface area contributed by atoms with Crippen LogP contribution in [0.4, 0.5) is 15.1 Å². The Hall–Kier alpha value is -2.39. The molecule has 0 aliphatic rings. The van der Waals surface area contributed by atoms with Crippen LogP contribution >= 0.6 is 22.7 Å². The summed E-state index contributed by atoms with van der Waals surface area (Å²) in [6.07, 6.45) is -1.15. The molecule has 1 aromatic carbocycles. The maximum atomic E-state index is 10.8. The van der Waals surface area contributed by atoms with Crippen LogP contribution in [0.5, 0.6) is 5.75 Å². The normalized spacial score (nSPS) is 10.7. The Labute approximate surface area is 140 Å². The van der Waals surface area contributed by atoms with Crippen molar-refractivity contribution < 1.29 is 14.6 Å². The Morgan fingerprint density at radius 1 is 1.35 bits per heavy atom. The number of amides is 1. The standard InChI is InChI=1S/C14H14N4O3S2/c1-18(2)13-15-8(6-22-13)7-4-5-9(21-3)10-11(7)23-12(16-10)17-14(19)20/h4-6H,1-3H3,(H,16,17)(H,19,20). The van der Waals surface area contributed by atoms with Gasteiger partial charge in [0, 0.05) is 25.0 Å². The second-order valence-corrected chi connectivity index (χ2v) is 6.69. The Morgan fingerprint density at radius 3 is 2.74 bits per heavy atom. The van der Waals surface area contributed by atoms with Gasteiger partial charge in [-0.05, 0) is 12.1 Å². The first kappa shape index (κ1) is 15.5. The number of rotatable bonds is 4. The van der Waals surface area contributed by atoms with Crippen LogP contribution < -0.4 is 15.0 Å². The summed E-state index contributed by atoms with van der Waals surface area (Å²) in [6, 6.07) is 3.73. The maximum absolute atomic E-state index is 10.8. The first-order chi connectivity index (χ1) is 11.0. The van der Waals surface area contributed by atoms with E-state index in [1.165, 1.54) is 11.3 Å². The Balaban J connectivity index is 2.16. The monoisotopic (exact) mass is 350 g/mol. The van der Waals surface area contributed by atoms with Gasteiger partial charge < -0.3 is 14.7 Å². The van der Waals surface area contributed by atoms with E-state index in [0.29, 0.717) is 16.4 Å². The van der Waals surface area contributed by atoms with Crippen molar-refractivity contribution in [1.29, 1.82) is 0 Å². The minimum Gasteiger partial charge on any atom is -0.494 e. The molecule has 0 radical (unpaired) electrons.